The van der Waals surface area contributed by atoms with Crippen LogP contribution >= 0.6 is 11.6 Å². The molecule has 7 heteroatoms. The Morgan fingerprint density at radius 1 is 1.25 bits per heavy atom. The van der Waals surface area contributed by atoms with E-state index in [9.17, 15) is 0 Å². The molecule has 3 rings (SSSR count). The number of guanidine groups is 1. The molecule has 1 aromatic carbocycles. The van der Waals surface area contributed by atoms with Gasteiger partial charge in [0, 0.05) is 25.2 Å². The lowest BCUT2D eigenvalue weighted by Crippen LogP contribution is -2.42. The van der Waals surface area contributed by atoms with E-state index in [1.807, 2.05) is 26.0 Å². The molecular formula is C21H30ClN5O. The van der Waals surface area contributed by atoms with E-state index in [2.05, 4.69) is 37.6 Å². The first-order chi connectivity index (χ1) is 13.5. The van der Waals surface area contributed by atoms with E-state index in [4.69, 9.17) is 16.0 Å². The number of halogens is 1. The van der Waals surface area contributed by atoms with Crippen LogP contribution in [0.15, 0.2) is 33.7 Å². The minimum absolute atomic E-state index is 0.532. The van der Waals surface area contributed by atoms with Gasteiger partial charge < -0.3 is 15.1 Å². The number of benzene rings is 1. The Kier molecular flexibility index (Phi) is 7.34. The van der Waals surface area contributed by atoms with E-state index in [1.165, 1.54) is 18.4 Å². The van der Waals surface area contributed by atoms with Crippen molar-refractivity contribution in [2.45, 2.75) is 39.8 Å². The van der Waals surface area contributed by atoms with E-state index in [0.29, 0.717) is 18.4 Å². The van der Waals surface area contributed by atoms with Gasteiger partial charge in [0.1, 0.15) is 5.76 Å². The van der Waals surface area contributed by atoms with Crippen LogP contribution in [0.25, 0.3) is 0 Å². The summed E-state index contributed by atoms with van der Waals surface area (Å²) in [5, 5.41) is 7.56. The summed E-state index contributed by atoms with van der Waals surface area (Å²) in [7, 11) is 1.79. The highest BCUT2D eigenvalue weighted by atomic mass is 35.5. The average molecular weight is 404 g/mol. The zero-order valence-corrected chi connectivity index (χ0v) is 17.7. The predicted octanol–water partition coefficient (Wildman–Crippen LogP) is 3.52. The minimum atomic E-state index is 0.532. The monoisotopic (exact) mass is 403 g/mol. The van der Waals surface area contributed by atoms with Crippen LogP contribution in [-0.2, 0) is 13.1 Å². The van der Waals surface area contributed by atoms with Crippen LogP contribution in [-0.4, -0.2) is 42.5 Å². The second-order valence-electron chi connectivity index (χ2n) is 7.37. The number of nitrogens with zero attached hydrogens (tertiary/aromatic N) is 3. The molecule has 0 radical (unpaired) electrons. The molecule has 0 bridgehead atoms. The first-order valence-electron chi connectivity index (χ1n) is 9.88. The average Bonchev–Trinajstić information content (AvgIpc) is 3.02. The van der Waals surface area contributed by atoms with Crippen LogP contribution in [0.1, 0.15) is 35.7 Å². The number of hydrogen-bond acceptors (Lipinski definition) is 4. The number of aromatic nitrogens is 1. The van der Waals surface area contributed by atoms with E-state index >= 15 is 0 Å². The van der Waals surface area contributed by atoms with Gasteiger partial charge in [-0.2, -0.15) is 0 Å². The third-order valence-corrected chi connectivity index (χ3v) is 5.69. The molecule has 0 saturated carbocycles. The largest absolute Gasteiger partial charge is 0.444 e. The van der Waals surface area contributed by atoms with Gasteiger partial charge in [0.05, 0.1) is 12.2 Å². The van der Waals surface area contributed by atoms with Crippen LogP contribution < -0.4 is 10.6 Å². The van der Waals surface area contributed by atoms with E-state index < -0.39 is 0 Å². The molecule has 1 fully saturated rings. The summed E-state index contributed by atoms with van der Waals surface area (Å²) in [6, 6.07) is 8.11. The Morgan fingerprint density at radius 3 is 2.64 bits per heavy atom. The van der Waals surface area contributed by atoms with E-state index in [1.54, 1.807) is 7.05 Å². The second-order valence-corrected chi connectivity index (χ2v) is 7.77. The van der Waals surface area contributed by atoms with Crippen molar-refractivity contribution < 1.29 is 4.42 Å². The zero-order valence-electron chi connectivity index (χ0n) is 17.0. The lowest BCUT2D eigenvalue weighted by atomic mass is 9.96. The van der Waals surface area contributed by atoms with Crippen molar-refractivity contribution in [2.24, 2.45) is 10.9 Å². The Hall–Kier alpha value is -2.05. The molecule has 0 aliphatic carbocycles. The molecule has 1 aliphatic heterocycles. The number of rotatable bonds is 6. The van der Waals surface area contributed by atoms with Crippen LogP contribution in [0.2, 0.25) is 5.02 Å². The van der Waals surface area contributed by atoms with Crippen molar-refractivity contribution in [1.82, 2.24) is 20.5 Å². The van der Waals surface area contributed by atoms with Crippen molar-refractivity contribution in [3.8, 4) is 0 Å². The van der Waals surface area contributed by atoms with Gasteiger partial charge >= 0.3 is 0 Å². The normalized spacial score (nSPS) is 16.4. The fourth-order valence-electron chi connectivity index (χ4n) is 3.45. The summed E-state index contributed by atoms with van der Waals surface area (Å²) in [6.07, 6.45) is 2.35. The third-order valence-electron chi connectivity index (χ3n) is 5.32. The molecule has 0 amide bonds. The van der Waals surface area contributed by atoms with Crippen LogP contribution in [0, 0.1) is 19.8 Å². The van der Waals surface area contributed by atoms with Crippen molar-refractivity contribution in [2.75, 3.05) is 26.7 Å². The summed E-state index contributed by atoms with van der Waals surface area (Å²) in [6.45, 7) is 8.45. The van der Waals surface area contributed by atoms with Gasteiger partial charge in [-0.05, 0) is 57.3 Å². The lowest BCUT2D eigenvalue weighted by molar-refractivity contribution is 0.178. The molecule has 0 unspecified atom stereocenters. The van der Waals surface area contributed by atoms with E-state index in [-0.39, 0.29) is 0 Å². The summed E-state index contributed by atoms with van der Waals surface area (Å²) >= 11 is 6.29. The van der Waals surface area contributed by atoms with Gasteiger partial charge in [-0.25, -0.2) is 4.98 Å². The molecule has 1 saturated heterocycles. The van der Waals surface area contributed by atoms with Crippen molar-refractivity contribution >= 4 is 17.6 Å². The van der Waals surface area contributed by atoms with Crippen LogP contribution in [0.3, 0.4) is 0 Å². The number of nitrogens with one attached hydrogen (secondary N) is 2. The third kappa shape index (κ3) is 5.72. The fraction of sp³-hybridized carbons (Fsp3) is 0.524. The Morgan fingerprint density at radius 2 is 2.00 bits per heavy atom. The highest BCUT2D eigenvalue weighted by Gasteiger charge is 2.20. The highest BCUT2D eigenvalue weighted by Crippen LogP contribution is 2.22. The van der Waals surface area contributed by atoms with E-state index in [0.717, 1.165) is 48.6 Å². The molecule has 28 heavy (non-hydrogen) atoms. The Bertz CT molecular complexity index is 776. The quantitative estimate of drug-likeness (QED) is 0.570. The summed E-state index contributed by atoms with van der Waals surface area (Å²) in [4.78, 5) is 11.2. The van der Waals surface area contributed by atoms with Crippen molar-refractivity contribution in [1.29, 1.82) is 0 Å². The van der Waals surface area contributed by atoms with Gasteiger partial charge in [0.15, 0.2) is 5.96 Å². The molecule has 2 N–H and O–H groups in total. The summed E-state index contributed by atoms with van der Waals surface area (Å²) in [5.41, 5.74) is 2.14. The molecular weight excluding hydrogens is 374 g/mol. The molecule has 2 aromatic rings. The Labute approximate surface area is 172 Å². The maximum atomic E-state index is 6.29. The molecule has 6 nitrogen and oxygen atoms in total. The van der Waals surface area contributed by atoms with Gasteiger partial charge in [-0.1, -0.05) is 29.8 Å². The highest BCUT2D eigenvalue weighted by molar-refractivity contribution is 6.31. The van der Waals surface area contributed by atoms with Gasteiger partial charge in [0.2, 0.25) is 5.89 Å². The number of piperidine rings is 1. The predicted molar refractivity (Wildman–Crippen MR) is 114 cm³/mol. The van der Waals surface area contributed by atoms with Gasteiger partial charge in [-0.3, -0.25) is 9.89 Å². The minimum Gasteiger partial charge on any atom is -0.444 e. The molecule has 2 heterocycles. The number of aryl methyl sites for hydroxylation is 2. The van der Waals surface area contributed by atoms with Crippen molar-refractivity contribution in [3.05, 3.63) is 52.2 Å². The molecule has 0 spiro atoms. The Balaban J connectivity index is 1.38. The van der Waals surface area contributed by atoms with Gasteiger partial charge in [-0.15, -0.1) is 0 Å². The first-order valence-corrected chi connectivity index (χ1v) is 10.3. The first kappa shape index (κ1) is 20.7. The maximum Gasteiger partial charge on any atom is 0.214 e. The smallest absolute Gasteiger partial charge is 0.214 e. The fourth-order valence-corrected chi connectivity index (χ4v) is 3.65. The molecule has 0 atom stereocenters. The second kappa shape index (κ2) is 9.94. The van der Waals surface area contributed by atoms with Gasteiger partial charge in [0.25, 0.3) is 0 Å². The van der Waals surface area contributed by atoms with Crippen molar-refractivity contribution in [3.63, 3.8) is 0 Å². The maximum absolute atomic E-state index is 6.29. The number of aliphatic imine (C=N–C) groups is 1. The molecule has 1 aliphatic rings. The van der Waals surface area contributed by atoms with Crippen LogP contribution in [0.4, 0.5) is 0 Å². The summed E-state index contributed by atoms with van der Waals surface area (Å²) < 4.78 is 5.60. The molecule has 152 valence electrons. The number of likely N-dealkylation sites (tertiary alicyclic amines) is 1. The molecule has 1 aromatic heterocycles. The topological polar surface area (TPSA) is 65.7 Å². The number of hydrogen-bond donors (Lipinski definition) is 2. The SMILES string of the molecule is CN=C(NCc1nc(C)c(C)o1)NCC1CCN(Cc2ccccc2Cl)CC1. The standard InChI is InChI=1S/C21H30ClN5O/c1-15-16(2)28-20(26-15)13-25-21(23-3)24-12-17-8-10-27(11-9-17)14-18-6-4-5-7-19(18)22/h4-7,17H,8-14H2,1-3H3,(H2,23,24,25). The zero-order chi connectivity index (χ0) is 19.9. The lowest BCUT2D eigenvalue weighted by Gasteiger charge is -2.32. The van der Waals surface area contributed by atoms with Crippen LogP contribution in [0.5, 0.6) is 0 Å². The summed E-state index contributed by atoms with van der Waals surface area (Å²) in [5.74, 6) is 2.98. The number of oxazole rings is 1.